The Morgan fingerprint density at radius 1 is 1.28 bits per heavy atom. The third-order valence-corrected chi connectivity index (χ3v) is 2.69. The number of carbonyl (C=O) groups is 1. The minimum atomic E-state index is -1.11. The molecular formula is C13H10ClNO3. The van der Waals surface area contributed by atoms with E-state index in [-0.39, 0.29) is 16.5 Å². The molecule has 0 aliphatic rings. The lowest BCUT2D eigenvalue weighted by Gasteiger charge is -2.07. The highest BCUT2D eigenvalue weighted by molar-refractivity contribution is 6.34. The molecule has 0 aliphatic carbocycles. The van der Waals surface area contributed by atoms with Gasteiger partial charge in [0.15, 0.2) is 0 Å². The SMILES string of the molecule is Cc1ccc(Oc2nccc(C(=O)O)c2Cl)cc1. The quantitative estimate of drug-likeness (QED) is 0.920. The van der Waals surface area contributed by atoms with Gasteiger partial charge in [-0.2, -0.15) is 0 Å². The van der Waals surface area contributed by atoms with Gasteiger partial charge in [-0.3, -0.25) is 0 Å². The van der Waals surface area contributed by atoms with Crippen molar-refractivity contribution in [2.45, 2.75) is 6.92 Å². The van der Waals surface area contributed by atoms with Gasteiger partial charge in [-0.15, -0.1) is 0 Å². The van der Waals surface area contributed by atoms with Gasteiger partial charge >= 0.3 is 5.97 Å². The highest BCUT2D eigenvalue weighted by Gasteiger charge is 2.14. The van der Waals surface area contributed by atoms with Gasteiger partial charge < -0.3 is 9.84 Å². The van der Waals surface area contributed by atoms with Crippen LogP contribution in [0, 0.1) is 6.92 Å². The van der Waals surface area contributed by atoms with Crippen molar-refractivity contribution in [1.29, 1.82) is 0 Å². The molecule has 92 valence electrons. The van der Waals surface area contributed by atoms with Gasteiger partial charge in [0.25, 0.3) is 0 Å². The molecule has 5 heteroatoms. The molecule has 0 aliphatic heterocycles. The molecule has 0 radical (unpaired) electrons. The zero-order valence-corrected chi connectivity index (χ0v) is 10.3. The smallest absolute Gasteiger partial charge is 0.337 e. The van der Waals surface area contributed by atoms with Crippen LogP contribution in [0.15, 0.2) is 36.5 Å². The number of aryl methyl sites for hydroxylation is 1. The number of carboxylic acids is 1. The van der Waals surface area contributed by atoms with Crippen LogP contribution in [0.3, 0.4) is 0 Å². The maximum atomic E-state index is 10.9. The molecule has 0 fully saturated rings. The van der Waals surface area contributed by atoms with E-state index in [2.05, 4.69) is 4.98 Å². The molecule has 1 aromatic heterocycles. The number of aromatic nitrogens is 1. The number of rotatable bonds is 3. The standard InChI is InChI=1S/C13H10ClNO3/c1-8-2-4-9(5-3-8)18-12-11(14)10(13(16)17)6-7-15-12/h2-7H,1H3,(H,16,17). The lowest BCUT2D eigenvalue weighted by Crippen LogP contribution is -2.00. The van der Waals surface area contributed by atoms with Crippen LogP contribution in [0.25, 0.3) is 0 Å². The number of carboxylic acid groups (broad SMARTS) is 1. The summed E-state index contributed by atoms with van der Waals surface area (Å²) in [7, 11) is 0. The van der Waals surface area contributed by atoms with Crippen molar-refractivity contribution in [3.05, 3.63) is 52.7 Å². The third kappa shape index (κ3) is 2.60. The van der Waals surface area contributed by atoms with Crippen molar-refractivity contribution in [1.82, 2.24) is 4.98 Å². The topological polar surface area (TPSA) is 59.4 Å². The van der Waals surface area contributed by atoms with Crippen molar-refractivity contribution >= 4 is 17.6 Å². The zero-order chi connectivity index (χ0) is 13.1. The molecule has 0 atom stereocenters. The molecule has 0 saturated carbocycles. The highest BCUT2D eigenvalue weighted by Crippen LogP contribution is 2.29. The average Bonchev–Trinajstić information content (AvgIpc) is 2.34. The van der Waals surface area contributed by atoms with E-state index in [1.807, 2.05) is 19.1 Å². The Hall–Kier alpha value is -2.07. The molecule has 0 bridgehead atoms. The van der Waals surface area contributed by atoms with Gasteiger partial charge in [-0.25, -0.2) is 9.78 Å². The van der Waals surface area contributed by atoms with E-state index in [4.69, 9.17) is 21.4 Å². The van der Waals surface area contributed by atoms with Crippen LogP contribution in [0.1, 0.15) is 15.9 Å². The normalized spacial score (nSPS) is 10.1. The molecule has 1 heterocycles. The summed E-state index contributed by atoms with van der Waals surface area (Å²) in [6.07, 6.45) is 1.35. The lowest BCUT2D eigenvalue weighted by atomic mass is 10.2. The van der Waals surface area contributed by atoms with Gasteiger partial charge in [0.05, 0.1) is 5.56 Å². The molecule has 2 rings (SSSR count). The van der Waals surface area contributed by atoms with Gasteiger partial charge in [0, 0.05) is 6.20 Å². The van der Waals surface area contributed by atoms with E-state index in [1.165, 1.54) is 12.3 Å². The number of pyridine rings is 1. The first-order valence-electron chi connectivity index (χ1n) is 5.20. The monoisotopic (exact) mass is 263 g/mol. The fraction of sp³-hybridized carbons (Fsp3) is 0.0769. The minimum absolute atomic E-state index is 0.00873. The number of halogens is 1. The van der Waals surface area contributed by atoms with Crippen molar-refractivity contribution in [2.75, 3.05) is 0 Å². The molecule has 0 unspecified atom stereocenters. The highest BCUT2D eigenvalue weighted by atomic mass is 35.5. The van der Waals surface area contributed by atoms with Gasteiger partial charge in [-0.05, 0) is 25.1 Å². The first kappa shape index (κ1) is 12.4. The first-order chi connectivity index (χ1) is 8.58. The largest absolute Gasteiger partial charge is 0.478 e. The second kappa shape index (κ2) is 5.06. The zero-order valence-electron chi connectivity index (χ0n) is 9.55. The predicted octanol–water partition coefficient (Wildman–Crippen LogP) is 3.53. The summed E-state index contributed by atoms with van der Waals surface area (Å²) in [6, 6.07) is 8.61. The number of hydrogen-bond acceptors (Lipinski definition) is 3. The number of aromatic carboxylic acids is 1. The Labute approximate surface area is 109 Å². The van der Waals surface area contributed by atoms with Gasteiger partial charge in [-0.1, -0.05) is 29.3 Å². The van der Waals surface area contributed by atoms with E-state index in [9.17, 15) is 4.79 Å². The Kier molecular flexibility index (Phi) is 3.48. The van der Waals surface area contributed by atoms with Crippen molar-refractivity contribution < 1.29 is 14.6 Å². The van der Waals surface area contributed by atoms with Crippen LogP contribution in [-0.2, 0) is 0 Å². The van der Waals surface area contributed by atoms with Crippen molar-refractivity contribution in [3.8, 4) is 11.6 Å². The third-order valence-electron chi connectivity index (χ3n) is 2.32. The van der Waals surface area contributed by atoms with E-state index in [1.54, 1.807) is 12.1 Å². The maximum absolute atomic E-state index is 10.9. The molecule has 0 spiro atoms. The molecule has 1 N–H and O–H groups in total. The Balaban J connectivity index is 2.32. The van der Waals surface area contributed by atoms with E-state index >= 15 is 0 Å². The van der Waals surface area contributed by atoms with Crippen LogP contribution < -0.4 is 4.74 Å². The summed E-state index contributed by atoms with van der Waals surface area (Å²) in [4.78, 5) is 14.8. The molecular weight excluding hydrogens is 254 g/mol. The van der Waals surface area contributed by atoms with E-state index < -0.39 is 5.97 Å². The second-order valence-corrected chi connectivity index (χ2v) is 4.08. The van der Waals surface area contributed by atoms with Gasteiger partial charge in [0.1, 0.15) is 10.8 Å². The molecule has 2 aromatic rings. The van der Waals surface area contributed by atoms with Crippen molar-refractivity contribution in [2.24, 2.45) is 0 Å². The maximum Gasteiger partial charge on any atom is 0.337 e. The Bertz CT molecular complexity index is 581. The number of benzene rings is 1. The van der Waals surface area contributed by atoms with Crippen LogP contribution in [0.2, 0.25) is 5.02 Å². The van der Waals surface area contributed by atoms with Crippen molar-refractivity contribution in [3.63, 3.8) is 0 Å². The molecule has 4 nitrogen and oxygen atoms in total. The number of hydrogen-bond donors (Lipinski definition) is 1. The second-order valence-electron chi connectivity index (χ2n) is 3.70. The van der Waals surface area contributed by atoms with E-state index in [0.717, 1.165) is 5.56 Å². The molecule has 18 heavy (non-hydrogen) atoms. The molecule has 1 aromatic carbocycles. The summed E-state index contributed by atoms with van der Waals surface area (Å²) in [6.45, 7) is 1.96. The summed E-state index contributed by atoms with van der Waals surface area (Å²) in [5, 5.41) is 8.92. The number of ether oxygens (including phenoxy) is 1. The van der Waals surface area contributed by atoms with Crippen LogP contribution in [-0.4, -0.2) is 16.1 Å². The summed E-state index contributed by atoms with van der Waals surface area (Å²) in [5.41, 5.74) is 1.06. The Morgan fingerprint density at radius 3 is 2.56 bits per heavy atom. The predicted molar refractivity (Wildman–Crippen MR) is 67.5 cm³/mol. The van der Waals surface area contributed by atoms with E-state index in [0.29, 0.717) is 5.75 Å². The number of nitrogens with zero attached hydrogens (tertiary/aromatic N) is 1. The van der Waals surface area contributed by atoms with Crippen LogP contribution in [0.5, 0.6) is 11.6 Å². The summed E-state index contributed by atoms with van der Waals surface area (Å²) < 4.78 is 5.45. The minimum Gasteiger partial charge on any atom is -0.478 e. The average molecular weight is 264 g/mol. The van der Waals surface area contributed by atoms with Crippen LogP contribution in [0.4, 0.5) is 0 Å². The fourth-order valence-corrected chi connectivity index (χ4v) is 1.61. The van der Waals surface area contributed by atoms with Crippen LogP contribution >= 0.6 is 11.6 Å². The fourth-order valence-electron chi connectivity index (χ4n) is 1.38. The lowest BCUT2D eigenvalue weighted by molar-refractivity contribution is 0.0696. The summed E-state index contributed by atoms with van der Waals surface area (Å²) in [5.74, 6) is -0.478. The summed E-state index contributed by atoms with van der Waals surface area (Å²) >= 11 is 5.92. The van der Waals surface area contributed by atoms with Gasteiger partial charge in [0.2, 0.25) is 5.88 Å². The molecule has 0 amide bonds. The molecule has 0 saturated heterocycles. The first-order valence-corrected chi connectivity index (χ1v) is 5.58. The Morgan fingerprint density at radius 2 is 1.94 bits per heavy atom.